The smallest absolute Gasteiger partial charge is 0.321 e. The van der Waals surface area contributed by atoms with Gasteiger partial charge in [0.15, 0.2) is 5.13 Å². The first-order valence-corrected chi connectivity index (χ1v) is 9.00. The molecular formula is C14H17N3O2S2. The first-order chi connectivity index (χ1) is 10.0. The van der Waals surface area contributed by atoms with Gasteiger partial charge in [-0.1, -0.05) is 30.3 Å². The van der Waals surface area contributed by atoms with Crippen molar-refractivity contribution in [1.82, 2.24) is 10.3 Å². The average molecular weight is 323 g/mol. The largest absolute Gasteiger partial charge is 0.330 e. The molecule has 0 fully saturated rings. The monoisotopic (exact) mass is 323 g/mol. The van der Waals surface area contributed by atoms with Crippen molar-refractivity contribution in [1.29, 1.82) is 0 Å². The third kappa shape index (κ3) is 4.95. The molecule has 2 N–H and O–H groups in total. The topological polar surface area (TPSA) is 71.1 Å². The number of rotatable bonds is 5. The van der Waals surface area contributed by atoms with Gasteiger partial charge in [0.25, 0.3) is 0 Å². The van der Waals surface area contributed by atoms with E-state index in [1.165, 1.54) is 11.3 Å². The van der Waals surface area contributed by atoms with E-state index in [1.807, 2.05) is 42.6 Å². The van der Waals surface area contributed by atoms with Gasteiger partial charge in [0, 0.05) is 28.2 Å². The standard InChI is InChI=1S/C14H17N3O2S2/c1-10-8-20-14(15-10)17-13(18)16-12(9-21(2)19)11-6-4-3-5-7-11/h3-8,12H,9H2,1-2H3,(H2,15,16,17,18)/t12-,21-/m0/s1. The van der Waals surface area contributed by atoms with Gasteiger partial charge in [-0.25, -0.2) is 9.78 Å². The molecule has 1 heterocycles. The number of aromatic nitrogens is 1. The van der Waals surface area contributed by atoms with Gasteiger partial charge in [-0.15, -0.1) is 11.3 Å². The highest BCUT2D eigenvalue weighted by molar-refractivity contribution is 7.84. The third-order valence-corrected chi connectivity index (χ3v) is 4.43. The number of hydrogen-bond donors (Lipinski definition) is 2. The lowest BCUT2D eigenvalue weighted by Crippen LogP contribution is -2.35. The Morgan fingerprint density at radius 1 is 1.38 bits per heavy atom. The van der Waals surface area contributed by atoms with Crippen LogP contribution in [0, 0.1) is 6.92 Å². The molecular weight excluding hydrogens is 306 g/mol. The van der Waals surface area contributed by atoms with Crippen molar-refractivity contribution in [2.24, 2.45) is 0 Å². The summed E-state index contributed by atoms with van der Waals surface area (Å²) in [6, 6.07) is 8.87. The van der Waals surface area contributed by atoms with Gasteiger partial charge >= 0.3 is 6.03 Å². The van der Waals surface area contributed by atoms with Crippen LogP contribution in [0.25, 0.3) is 0 Å². The van der Waals surface area contributed by atoms with Crippen LogP contribution in [0.5, 0.6) is 0 Å². The number of carbonyl (C=O) groups is 1. The van der Waals surface area contributed by atoms with Crippen LogP contribution in [0.4, 0.5) is 9.93 Å². The molecule has 2 amide bonds. The summed E-state index contributed by atoms with van der Waals surface area (Å²) in [7, 11) is -1.01. The Morgan fingerprint density at radius 3 is 2.67 bits per heavy atom. The minimum Gasteiger partial charge on any atom is -0.330 e. The summed E-state index contributed by atoms with van der Waals surface area (Å²) in [5.74, 6) is 0.369. The summed E-state index contributed by atoms with van der Waals surface area (Å²) < 4.78 is 11.5. The van der Waals surface area contributed by atoms with Gasteiger partial charge in [0.2, 0.25) is 0 Å². The Labute approximate surface area is 130 Å². The second kappa shape index (κ2) is 7.33. The molecule has 2 atom stereocenters. The molecule has 1 aromatic heterocycles. The minimum absolute atomic E-state index is 0.293. The maximum atomic E-state index is 12.0. The lowest BCUT2D eigenvalue weighted by atomic mass is 10.1. The van der Waals surface area contributed by atoms with E-state index in [4.69, 9.17) is 0 Å². The fourth-order valence-corrected chi connectivity index (χ4v) is 3.27. The van der Waals surface area contributed by atoms with Crippen LogP contribution in [0.15, 0.2) is 35.7 Å². The summed E-state index contributed by atoms with van der Waals surface area (Å²) in [5.41, 5.74) is 1.79. The molecule has 0 spiro atoms. The maximum Gasteiger partial charge on any atom is 0.321 e. The van der Waals surface area contributed by atoms with Crippen LogP contribution >= 0.6 is 11.3 Å². The van der Waals surface area contributed by atoms with E-state index in [2.05, 4.69) is 15.6 Å². The van der Waals surface area contributed by atoms with Crippen LogP contribution < -0.4 is 10.6 Å². The number of aryl methyl sites for hydroxylation is 1. The Bertz CT molecular complexity index is 628. The fraction of sp³-hybridized carbons (Fsp3) is 0.286. The quantitative estimate of drug-likeness (QED) is 0.888. The number of amides is 2. The van der Waals surface area contributed by atoms with E-state index in [-0.39, 0.29) is 12.1 Å². The van der Waals surface area contributed by atoms with E-state index >= 15 is 0 Å². The molecule has 112 valence electrons. The number of hydrogen-bond acceptors (Lipinski definition) is 4. The molecule has 0 aliphatic rings. The van der Waals surface area contributed by atoms with Crippen LogP contribution in [-0.4, -0.2) is 27.2 Å². The molecule has 0 saturated carbocycles. The predicted molar refractivity (Wildman–Crippen MR) is 87.1 cm³/mol. The van der Waals surface area contributed by atoms with Gasteiger partial charge in [0.05, 0.1) is 11.7 Å². The van der Waals surface area contributed by atoms with Gasteiger partial charge in [-0.2, -0.15) is 0 Å². The Balaban J connectivity index is 2.04. The molecule has 0 radical (unpaired) electrons. The lowest BCUT2D eigenvalue weighted by Gasteiger charge is -2.18. The highest BCUT2D eigenvalue weighted by atomic mass is 32.2. The Morgan fingerprint density at radius 2 is 2.10 bits per heavy atom. The first kappa shape index (κ1) is 15.7. The number of thiazole rings is 1. The number of nitrogens with one attached hydrogen (secondary N) is 2. The molecule has 0 bridgehead atoms. The van der Waals surface area contributed by atoms with Crippen molar-refractivity contribution < 1.29 is 9.00 Å². The highest BCUT2D eigenvalue weighted by Crippen LogP contribution is 2.16. The summed E-state index contributed by atoms with van der Waals surface area (Å²) in [6.45, 7) is 1.87. The van der Waals surface area contributed by atoms with Crippen molar-refractivity contribution >= 4 is 33.3 Å². The number of carbonyl (C=O) groups excluding carboxylic acids is 1. The fourth-order valence-electron chi connectivity index (χ4n) is 1.84. The zero-order chi connectivity index (χ0) is 15.2. The van der Waals surface area contributed by atoms with Gasteiger partial charge in [-0.05, 0) is 12.5 Å². The van der Waals surface area contributed by atoms with E-state index < -0.39 is 10.8 Å². The van der Waals surface area contributed by atoms with E-state index in [1.54, 1.807) is 6.26 Å². The average Bonchev–Trinajstić information content (AvgIpc) is 2.83. The minimum atomic E-state index is -1.01. The third-order valence-electron chi connectivity index (χ3n) is 2.75. The molecule has 21 heavy (non-hydrogen) atoms. The van der Waals surface area contributed by atoms with Crippen molar-refractivity contribution in [3.8, 4) is 0 Å². The van der Waals surface area contributed by atoms with Gasteiger partial charge in [-0.3, -0.25) is 9.53 Å². The molecule has 7 heteroatoms. The normalized spacial score (nSPS) is 13.4. The SMILES string of the molecule is Cc1csc(NC(=O)N[C@@H](C[S@](C)=O)c2ccccc2)n1. The first-order valence-electron chi connectivity index (χ1n) is 6.39. The second-order valence-electron chi connectivity index (χ2n) is 4.60. The summed E-state index contributed by atoms with van der Waals surface area (Å²) in [5, 5.41) is 7.96. The Kier molecular flexibility index (Phi) is 5.46. The molecule has 2 rings (SSSR count). The van der Waals surface area contributed by atoms with Crippen molar-refractivity contribution in [2.45, 2.75) is 13.0 Å². The molecule has 1 aromatic carbocycles. The molecule has 0 aliphatic heterocycles. The molecule has 2 aromatic rings. The predicted octanol–water partition coefficient (Wildman–Crippen LogP) is 2.69. The second-order valence-corrected chi connectivity index (χ2v) is 6.93. The summed E-state index contributed by atoms with van der Waals surface area (Å²) in [6.07, 6.45) is 1.62. The van der Waals surface area contributed by atoms with E-state index in [0.717, 1.165) is 11.3 Å². The van der Waals surface area contributed by atoms with Crippen LogP contribution in [-0.2, 0) is 10.8 Å². The zero-order valence-corrected chi connectivity index (χ0v) is 13.5. The molecule has 5 nitrogen and oxygen atoms in total. The van der Waals surface area contributed by atoms with Crippen molar-refractivity contribution in [2.75, 3.05) is 17.3 Å². The number of anilines is 1. The van der Waals surface area contributed by atoms with Crippen LogP contribution in [0.2, 0.25) is 0 Å². The van der Waals surface area contributed by atoms with Gasteiger partial charge < -0.3 is 5.32 Å². The van der Waals surface area contributed by atoms with Gasteiger partial charge in [0.1, 0.15) is 0 Å². The number of nitrogens with zero attached hydrogens (tertiary/aromatic N) is 1. The Hall–Kier alpha value is -1.73. The van der Waals surface area contributed by atoms with Crippen molar-refractivity contribution in [3.05, 3.63) is 47.0 Å². The zero-order valence-electron chi connectivity index (χ0n) is 11.8. The molecule has 0 aliphatic carbocycles. The van der Waals surface area contributed by atoms with Crippen LogP contribution in [0.3, 0.4) is 0 Å². The number of benzene rings is 1. The van der Waals surface area contributed by atoms with Crippen LogP contribution in [0.1, 0.15) is 17.3 Å². The van der Waals surface area contributed by atoms with E-state index in [0.29, 0.717) is 10.9 Å². The molecule has 0 unspecified atom stereocenters. The van der Waals surface area contributed by atoms with E-state index in [9.17, 15) is 9.00 Å². The highest BCUT2D eigenvalue weighted by Gasteiger charge is 2.16. The number of urea groups is 1. The molecule has 0 saturated heterocycles. The summed E-state index contributed by atoms with van der Waals surface area (Å²) in [4.78, 5) is 16.2. The maximum absolute atomic E-state index is 12.0. The summed E-state index contributed by atoms with van der Waals surface area (Å²) >= 11 is 1.37. The lowest BCUT2D eigenvalue weighted by molar-refractivity contribution is 0.249. The van der Waals surface area contributed by atoms with Crippen molar-refractivity contribution in [3.63, 3.8) is 0 Å².